The molecule has 2 amide bonds. The number of fused-ring (bicyclic) bond motifs is 1. The number of anilines is 2. The van der Waals surface area contributed by atoms with E-state index in [0.717, 1.165) is 0 Å². The van der Waals surface area contributed by atoms with Crippen LogP contribution in [-0.4, -0.2) is 36.5 Å². The molecule has 0 fully saturated rings. The lowest BCUT2D eigenvalue weighted by molar-refractivity contribution is -0.142. The van der Waals surface area contributed by atoms with Crippen LogP contribution in [0.1, 0.15) is 22.3 Å². The SMILES string of the molecule is COC(=O)CC(=O)Nc1ccc(/C=C/C(=O)C2C(=O)Nc3ccccc3C2=O)cc1. The zero-order chi connectivity index (χ0) is 21.7. The van der Waals surface area contributed by atoms with Crippen LogP contribution >= 0.6 is 0 Å². The van der Waals surface area contributed by atoms with Gasteiger partial charge in [0.25, 0.3) is 0 Å². The van der Waals surface area contributed by atoms with E-state index in [1.165, 1.54) is 19.3 Å². The number of hydrogen-bond donors (Lipinski definition) is 2. The van der Waals surface area contributed by atoms with Crippen molar-refractivity contribution in [2.24, 2.45) is 5.92 Å². The molecule has 1 aliphatic heterocycles. The summed E-state index contributed by atoms with van der Waals surface area (Å²) >= 11 is 0. The predicted molar refractivity (Wildman–Crippen MR) is 109 cm³/mol. The minimum absolute atomic E-state index is 0.302. The number of ketones is 2. The molecule has 1 unspecified atom stereocenters. The molecular formula is C22H18N2O6. The summed E-state index contributed by atoms with van der Waals surface area (Å²) in [6, 6.07) is 13.0. The maximum atomic E-state index is 12.5. The monoisotopic (exact) mass is 406 g/mol. The summed E-state index contributed by atoms with van der Waals surface area (Å²) in [6.45, 7) is 0. The maximum Gasteiger partial charge on any atom is 0.315 e. The molecule has 8 heteroatoms. The van der Waals surface area contributed by atoms with Crippen molar-refractivity contribution in [1.82, 2.24) is 0 Å². The van der Waals surface area contributed by atoms with E-state index in [1.54, 1.807) is 48.5 Å². The van der Waals surface area contributed by atoms with Crippen LogP contribution in [-0.2, 0) is 23.9 Å². The second kappa shape index (κ2) is 8.95. The molecule has 2 aromatic carbocycles. The van der Waals surface area contributed by atoms with Gasteiger partial charge in [-0.1, -0.05) is 30.3 Å². The molecule has 30 heavy (non-hydrogen) atoms. The topological polar surface area (TPSA) is 119 Å². The number of carbonyl (C=O) groups is 5. The molecule has 1 aliphatic rings. The lowest BCUT2D eigenvalue weighted by atomic mass is 9.88. The van der Waals surface area contributed by atoms with Crippen LogP contribution in [0.4, 0.5) is 11.4 Å². The van der Waals surface area contributed by atoms with Crippen LogP contribution < -0.4 is 10.6 Å². The Bertz CT molecular complexity index is 1060. The number of rotatable bonds is 6. The Morgan fingerprint density at radius 2 is 1.77 bits per heavy atom. The number of para-hydroxylation sites is 1. The van der Waals surface area contributed by atoms with Gasteiger partial charge in [0.2, 0.25) is 11.8 Å². The van der Waals surface area contributed by atoms with E-state index in [1.807, 2.05) is 0 Å². The normalized spacial score (nSPS) is 15.3. The van der Waals surface area contributed by atoms with E-state index in [2.05, 4.69) is 15.4 Å². The average molecular weight is 406 g/mol. The Morgan fingerprint density at radius 1 is 1.07 bits per heavy atom. The number of benzene rings is 2. The fourth-order valence-electron chi connectivity index (χ4n) is 2.91. The van der Waals surface area contributed by atoms with Gasteiger partial charge >= 0.3 is 5.97 Å². The van der Waals surface area contributed by atoms with Crippen molar-refractivity contribution in [2.45, 2.75) is 6.42 Å². The third-order valence-corrected chi connectivity index (χ3v) is 4.43. The smallest absolute Gasteiger partial charge is 0.315 e. The molecule has 0 bridgehead atoms. The number of nitrogens with one attached hydrogen (secondary N) is 2. The van der Waals surface area contributed by atoms with Gasteiger partial charge in [-0.2, -0.15) is 0 Å². The van der Waals surface area contributed by atoms with Gasteiger partial charge in [-0.3, -0.25) is 24.0 Å². The zero-order valence-electron chi connectivity index (χ0n) is 16.0. The van der Waals surface area contributed by atoms with E-state index in [0.29, 0.717) is 22.5 Å². The standard InChI is InChI=1S/C22H18N2O6/c1-30-19(27)12-18(26)23-14-9-6-13(7-10-14)8-11-17(25)20-21(28)15-4-2-3-5-16(15)24-22(20)29/h2-11,20H,12H2,1H3,(H,23,26)(H,24,29)/b11-8+. The van der Waals surface area contributed by atoms with Crippen LogP contribution in [0.3, 0.4) is 0 Å². The third kappa shape index (κ3) is 4.67. The summed E-state index contributed by atoms with van der Waals surface area (Å²) in [5.41, 5.74) is 1.78. The lowest BCUT2D eigenvalue weighted by Crippen LogP contribution is -2.39. The molecule has 0 aliphatic carbocycles. The first-order chi connectivity index (χ1) is 14.4. The first kappa shape index (κ1) is 20.7. The van der Waals surface area contributed by atoms with Crippen molar-refractivity contribution in [3.05, 3.63) is 65.7 Å². The lowest BCUT2D eigenvalue weighted by Gasteiger charge is -2.21. The molecule has 2 aromatic rings. The molecule has 0 radical (unpaired) electrons. The maximum absolute atomic E-state index is 12.5. The second-order valence-electron chi connectivity index (χ2n) is 6.49. The summed E-state index contributed by atoms with van der Waals surface area (Å²) in [6.07, 6.45) is 2.26. The van der Waals surface area contributed by atoms with Crippen molar-refractivity contribution in [2.75, 3.05) is 17.7 Å². The van der Waals surface area contributed by atoms with Gasteiger partial charge < -0.3 is 15.4 Å². The van der Waals surface area contributed by atoms with Crippen LogP contribution in [0, 0.1) is 5.92 Å². The fourth-order valence-corrected chi connectivity index (χ4v) is 2.91. The summed E-state index contributed by atoms with van der Waals surface area (Å²) in [7, 11) is 1.20. The van der Waals surface area contributed by atoms with Crippen molar-refractivity contribution >= 4 is 46.8 Å². The van der Waals surface area contributed by atoms with Gasteiger partial charge in [-0.25, -0.2) is 0 Å². The first-order valence-corrected chi connectivity index (χ1v) is 9.02. The number of hydrogen-bond acceptors (Lipinski definition) is 6. The molecule has 0 saturated heterocycles. The molecule has 1 atom stereocenters. The number of carbonyl (C=O) groups excluding carboxylic acids is 5. The number of Topliss-reactive ketones (excluding diaryl/α,β-unsaturated/α-hetero) is 1. The van der Waals surface area contributed by atoms with Crippen LogP contribution in [0.25, 0.3) is 6.08 Å². The molecule has 152 valence electrons. The first-order valence-electron chi connectivity index (χ1n) is 9.02. The summed E-state index contributed by atoms with van der Waals surface area (Å²) < 4.78 is 4.42. The van der Waals surface area contributed by atoms with Crippen molar-refractivity contribution < 1.29 is 28.7 Å². The highest BCUT2D eigenvalue weighted by Crippen LogP contribution is 2.26. The van der Waals surface area contributed by atoms with E-state index < -0.39 is 41.7 Å². The van der Waals surface area contributed by atoms with Gasteiger partial charge in [-0.05, 0) is 35.9 Å². The van der Waals surface area contributed by atoms with E-state index in [4.69, 9.17) is 0 Å². The third-order valence-electron chi connectivity index (χ3n) is 4.43. The highest BCUT2D eigenvalue weighted by Gasteiger charge is 2.38. The van der Waals surface area contributed by atoms with Gasteiger partial charge in [0.1, 0.15) is 6.42 Å². The quantitative estimate of drug-likeness (QED) is 0.431. The largest absolute Gasteiger partial charge is 0.469 e. The highest BCUT2D eigenvalue weighted by molar-refractivity contribution is 6.32. The van der Waals surface area contributed by atoms with Gasteiger partial charge in [-0.15, -0.1) is 0 Å². The Kier molecular flexibility index (Phi) is 6.17. The number of esters is 1. The summed E-state index contributed by atoms with van der Waals surface area (Å²) in [4.78, 5) is 60.0. The van der Waals surface area contributed by atoms with E-state index >= 15 is 0 Å². The van der Waals surface area contributed by atoms with Gasteiger partial charge in [0.05, 0.1) is 12.8 Å². The minimum atomic E-state index is -1.42. The Labute approximate surface area is 171 Å². The Balaban J connectivity index is 1.65. The Hall–Kier alpha value is -4.07. The number of amides is 2. The molecule has 2 N–H and O–H groups in total. The molecule has 3 rings (SSSR count). The van der Waals surface area contributed by atoms with Crippen LogP contribution in [0.15, 0.2) is 54.6 Å². The fraction of sp³-hybridized carbons (Fsp3) is 0.136. The minimum Gasteiger partial charge on any atom is -0.469 e. The zero-order valence-corrected chi connectivity index (χ0v) is 16.0. The van der Waals surface area contributed by atoms with Crippen LogP contribution in [0.2, 0.25) is 0 Å². The van der Waals surface area contributed by atoms with E-state index in [9.17, 15) is 24.0 Å². The van der Waals surface area contributed by atoms with E-state index in [-0.39, 0.29) is 0 Å². The van der Waals surface area contributed by atoms with Gasteiger partial charge in [0.15, 0.2) is 17.5 Å². The summed E-state index contributed by atoms with van der Waals surface area (Å²) in [5.74, 6) is -4.39. The molecule has 0 aromatic heterocycles. The van der Waals surface area contributed by atoms with Crippen molar-refractivity contribution in [1.29, 1.82) is 0 Å². The van der Waals surface area contributed by atoms with Crippen molar-refractivity contribution in [3.8, 4) is 0 Å². The summed E-state index contributed by atoms with van der Waals surface area (Å²) in [5, 5.41) is 5.12. The average Bonchev–Trinajstić information content (AvgIpc) is 2.73. The second-order valence-corrected chi connectivity index (χ2v) is 6.49. The highest BCUT2D eigenvalue weighted by atomic mass is 16.5. The number of ether oxygens (including phenoxy) is 1. The van der Waals surface area contributed by atoms with Gasteiger partial charge in [0, 0.05) is 11.3 Å². The molecule has 0 spiro atoms. The van der Waals surface area contributed by atoms with Crippen LogP contribution in [0.5, 0.6) is 0 Å². The molecule has 1 heterocycles. The molecule has 0 saturated carbocycles. The molecular weight excluding hydrogens is 388 g/mol. The number of allylic oxidation sites excluding steroid dienone is 1. The molecule has 8 nitrogen and oxygen atoms in total. The predicted octanol–water partition coefficient (Wildman–Crippen LogP) is 2.22. The number of methoxy groups -OCH3 is 1. The van der Waals surface area contributed by atoms with Crippen molar-refractivity contribution in [3.63, 3.8) is 0 Å². The Morgan fingerprint density at radius 3 is 2.47 bits per heavy atom.